The Kier molecular flexibility index (Phi) is 18.8. The minimum absolute atomic E-state index is 0.0845. The molecule has 330 valence electrons. The minimum Gasteiger partial charge on any atom is -0.311 e. The third-order valence-electron chi connectivity index (χ3n) is 11.2. The van der Waals surface area contributed by atoms with Crippen LogP contribution in [0.2, 0.25) is 0 Å². The van der Waals surface area contributed by atoms with Crippen molar-refractivity contribution in [2.75, 3.05) is 21.3 Å². The zero-order valence-electron chi connectivity index (χ0n) is 36.6. The molecule has 10 nitrogen and oxygen atoms in total. The van der Waals surface area contributed by atoms with Crippen LogP contribution in [0.3, 0.4) is 0 Å². The highest BCUT2D eigenvalue weighted by atomic mass is 16.2. The lowest BCUT2D eigenvalue weighted by molar-refractivity contribution is -0.117. The van der Waals surface area contributed by atoms with Gasteiger partial charge in [-0.15, -0.1) is 0 Å². The highest BCUT2D eigenvalue weighted by Crippen LogP contribution is 2.30. The van der Waals surface area contributed by atoms with E-state index in [4.69, 9.17) is 0 Å². The minimum atomic E-state index is -0.150. The van der Waals surface area contributed by atoms with Gasteiger partial charge in [0.2, 0.25) is 23.6 Å². The first-order valence-electron chi connectivity index (χ1n) is 22.7. The van der Waals surface area contributed by atoms with E-state index in [-0.39, 0.29) is 48.3 Å². The van der Waals surface area contributed by atoms with E-state index in [2.05, 4.69) is 31.2 Å². The lowest BCUT2D eigenvalue weighted by atomic mass is 9.88. The molecular weight excluding hydrogens is 797 g/mol. The molecule has 0 aliphatic rings. The first kappa shape index (κ1) is 46.6. The summed E-state index contributed by atoms with van der Waals surface area (Å²) in [5, 5.41) is 11.6. The highest BCUT2D eigenvalue weighted by molar-refractivity contribution is 5.93. The van der Waals surface area contributed by atoms with Crippen LogP contribution in [0, 0.1) is 0 Å². The Hall–Kier alpha value is -6.94. The van der Waals surface area contributed by atoms with Gasteiger partial charge in [0.05, 0.1) is 0 Å². The molecule has 0 aliphatic heterocycles. The number of carbonyl (C=O) groups excluding carboxylic acids is 4. The molecule has 0 saturated carbocycles. The molecule has 0 aliphatic carbocycles. The quantitative estimate of drug-likeness (QED) is 0.0422. The molecule has 2 heterocycles. The van der Waals surface area contributed by atoms with Crippen molar-refractivity contribution in [1.82, 2.24) is 9.97 Å². The molecule has 2 aromatic heterocycles. The molecule has 6 aromatic rings. The second kappa shape index (κ2) is 25.9. The van der Waals surface area contributed by atoms with E-state index in [1.165, 1.54) is 0 Å². The van der Waals surface area contributed by atoms with Crippen LogP contribution in [0.1, 0.15) is 124 Å². The Morgan fingerprint density at radius 3 is 0.844 bits per heavy atom. The van der Waals surface area contributed by atoms with Gasteiger partial charge in [0, 0.05) is 37.5 Å². The van der Waals surface area contributed by atoms with Crippen LogP contribution >= 0.6 is 0 Å². The molecule has 0 fully saturated rings. The van der Waals surface area contributed by atoms with Crippen LogP contribution in [-0.4, -0.2) is 33.6 Å². The van der Waals surface area contributed by atoms with Gasteiger partial charge in [-0.3, -0.25) is 19.2 Å². The number of nitrogens with one attached hydrogen (secondary N) is 4. The monoisotopic (exact) mass is 856 g/mol. The van der Waals surface area contributed by atoms with Crippen molar-refractivity contribution in [1.29, 1.82) is 0 Å². The number of nitrogens with zero attached hydrogens (tertiary/aromatic N) is 2. The Balaban J connectivity index is 0.786. The topological polar surface area (TPSA) is 142 Å². The number of benzene rings is 4. The zero-order valence-corrected chi connectivity index (χ0v) is 36.6. The van der Waals surface area contributed by atoms with Crippen LogP contribution in [0.15, 0.2) is 158 Å². The Morgan fingerprint density at radius 2 is 0.562 bits per heavy atom. The fourth-order valence-corrected chi connectivity index (χ4v) is 7.90. The van der Waals surface area contributed by atoms with Gasteiger partial charge in [0.1, 0.15) is 23.3 Å². The molecule has 0 radical (unpaired) electrons. The highest BCUT2D eigenvalue weighted by Gasteiger charge is 2.20. The van der Waals surface area contributed by atoms with Crippen molar-refractivity contribution in [3.05, 3.63) is 180 Å². The maximum absolute atomic E-state index is 13.1. The number of pyridine rings is 2. The number of amides is 4. The fraction of sp³-hybridized carbons (Fsp3) is 0.296. The van der Waals surface area contributed by atoms with Crippen LogP contribution < -0.4 is 21.3 Å². The number of carbonyl (C=O) groups is 4. The number of anilines is 4. The average molecular weight is 857 g/mol. The number of rotatable bonds is 25. The maximum atomic E-state index is 13.1. The van der Waals surface area contributed by atoms with Crippen LogP contribution in [0.4, 0.5) is 23.3 Å². The zero-order chi connectivity index (χ0) is 44.6. The Bertz CT molecular complexity index is 2100. The van der Waals surface area contributed by atoms with Crippen molar-refractivity contribution in [3.63, 3.8) is 0 Å². The molecule has 4 N–H and O–H groups in total. The predicted octanol–water partition coefficient (Wildman–Crippen LogP) is 12.1. The average Bonchev–Trinajstić information content (AvgIpc) is 3.31. The van der Waals surface area contributed by atoms with E-state index >= 15 is 0 Å². The summed E-state index contributed by atoms with van der Waals surface area (Å²) >= 11 is 0. The van der Waals surface area contributed by atoms with E-state index in [9.17, 15) is 19.2 Å². The summed E-state index contributed by atoms with van der Waals surface area (Å²) in [6.07, 6.45) is 11.7. The SMILES string of the molecule is O=C(CCCCCCCCCCCCC(=O)Nc1cccc(NC(=O)CC(c2ccccc2)c2ccccc2)n1)Nc1cccc(NC(=O)CC(c2ccccc2)c2ccccc2)n1. The molecule has 10 heteroatoms. The van der Waals surface area contributed by atoms with E-state index in [0.29, 0.717) is 36.1 Å². The third kappa shape index (κ3) is 16.1. The van der Waals surface area contributed by atoms with E-state index in [1.807, 2.05) is 121 Å². The number of hydrogen-bond acceptors (Lipinski definition) is 6. The van der Waals surface area contributed by atoms with E-state index < -0.39 is 0 Å². The van der Waals surface area contributed by atoms with Gasteiger partial charge in [0.15, 0.2) is 0 Å². The van der Waals surface area contributed by atoms with Gasteiger partial charge in [-0.1, -0.05) is 185 Å². The molecule has 0 unspecified atom stereocenters. The summed E-state index contributed by atoms with van der Waals surface area (Å²) in [5.41, 5.74) is 4.28. The summed E-state index contributed by atoms with van der Waals surface area (Å²) in [6, 6.07) is 50.5. The Morgan fingerprint density at radius 1 is 0.312 bits per heavy atom. The van der Waals surface area contributed by atoms with Crippen molar-refractivity contribution in [3.8, 4) is 0 Å². The fourth-order valence-electron chi connectivity index (χ4n) is 7.90. The van der Waals surface area contributed by atoms with Crippen LogP contribution in [-0.2, 0) is 19.2 Å². The summed E-state index contributed by atoms with van der Waals surface area (Å²) in [6.45, 7) is 0. The number of aromatic nitrogens is 2. The lowest BCUT2D eigenvalue weighted by Crippen LogP contribution is -2.18. The largest absolute Gasteiger partial charge is 0.311 e. The smallest absolute Gasteiger partial charge is 0.226 e. The molecule has 4 amide bonds. The van der Waals surface area contributed by atoms with Crippen LogP contribution in [0.5, 0.6) is 0 Å². The summed E-state index contributed by atoms with van der Waals surface area (Å²) < 4.78 is 0. The summed E-state index contributed by atoms with van der Waals surface area (Å²) in [5.74, 6) is 0.998. The Labute approximate surface area is 377 Å². The van der Waals surface area contributed by atoms with Crippen molar-refractivity contribution >= 4 is 46.9 Å². The van der Waals surface area contributed by atoms with Gasteiger partial charge in [-0.2, -0.15) is 0 Å². The van der Waals surface area contributed by atoms with Crippen molar-refractivity contribution < 1.29 is 19.2 Å². The summed E-state index contributed by atoms with van der Waals surface area (Å²) in [4.78, 5) is 60.6. The third-order valence-corrected chi connectivity index (χ3v) is 11.2. The molecule has 0 atom stereocenters. The second-order valence-corrected chi connectivity index (χ2v) is 16.2. The van der Waals surface area contributed by atoms with E-state index in [1.54, 1.807) is 36.4 Å². The standard InChI is InChI=1S/C54H60N6O4/c61-51(57-47-33-23-35-49(55-47)59-53(63)39-45(41-25-13-9-14-26-41)42-27-15-10-16-28-42)37-21-7-5-3-1-2-4-6-8-22-38-52(62)58-48-34-24-36-50(56-48)60-54(64)40-46(43-29-17-11-18-30-43)44-31-19-12-20-32-44/h9-20,23-36,45-46H,1-8,21-22,37-40H2,(H2,55,57,59,61,63)(H2,56,58,60,62,64). The molecular formula is C54H60N6O4. The molecule has 0 bridgehead atoms. The van der Waals surface area contributed by atoms with Gasteiger partial charge in [-0.05, 0) is 59.4 Å². The summed E-state index contributed by atoms with van der Waals surface area (Å²) in [7, 11) is 0. The first-order chi connectivity index (χ1) is 31.4. The molecule has 0 spiro atoms. The first-order valence-corrected chi connectivity index (χ1v) is 22.7. The number of hydrogen-bond donors (Lipinski definition) is 4. The molecule has 0 saturated heterocycles. The van der Waals surface area contributed by atoms with Crippen molar-refractivity contribution in [2.24, 2.45) is 0 Å². The normalized spacial score (nSPS) is 11.0. The molecule has 64 heavy (non-hydrogen) atoms. The maximum Gasteiger partial charge on any atom is 0.226 e. The number of unbranched alkanes of at least 4 members (excludes halogenated alkanes) is 9. The van der Waals surface area contributed by atoms with E-state index in [0.717, 1.165) is 86.5 Å². The van der Waals surface area contributed by atoms with Gasteiger partial charge < -0.3 is 21.3 Å². The second-order valence-electron chi connectivity index (χ2n) is 16.2. The van der Waals surface area contributed by atoms with Gasteiger partial charge >= 0.3 is 0 Å². The van der Waals surface area contributed by atoms with Crippen LogP contribution in [0.25, 0.3) is 0 Å². The molecule has 4 aromatic carbocycles. The lowest BCUT2D eigenvalue weighted by Gasteiger charge is -2.18. The van der Waals surface area contributed by atoms with Gasteiger partial charge in [-0.25, -0.2) is 9.97 Å². The predicted molar refractivity (Wildman–Crippen MR) is 257 cm³/mol. The van der Waals surface area contributed by atoms with Gasteiger partial charge in [0.25, 0.3) is 0 Å². The molecule has 6 rings (SSSR count). The van der Waals surface area contributed by atoms with Crippen molar-refractivity contribution in [2.45, 2.75) is 102 Å².